The molecule has 0 heterocycles. The Hall–Kier alpha value is -2.02. The Balaban J connectivity index is 2.79. The molecule has 0 aromatic heterocycles. The molecule has 1 rings (SSSR count). The lowest BCUT2D eigenvalue weighted by Gasteiger charge is -2.27. The highest BCUT2D eigenvalue weighted by Crippen LogP contribution is 2.20. The molecule has 0 spiro atoms. The largest absolute Gasteiger partial charge is 0.362 e. The van der Waals surface area contributed by atoms with Crippen LogP contribution in [0.1, 0.15) is 26.3 Å². The van der Waals surface area contributed by atoms with Gasteiger partial charge in [0, 0.05) is 13.6 Å². The van der Waals surface area contributed by atoms with Gasteiger partial charge in [-0.05, 0) is 25.0 Å². The zero-order valence-electron chi connectivity index (χ0n) is 12.0. The number of nitrogens with zero attached hydrogens (tertiary/aromatic N) is 2. The second-order valence-electron chi connectivity index (χ2n) is 5.05. The summed E-state index contributed by atoms with van der Waals surface area (Å²) in [6, 6.07) is 9.13. The summed E-state index contributed by atoms with van der Waals surface area (Å²) in [4.78, 5) is 13.9. The minimum atomic E-state index is -0.312. The van der Waals surface area contributed by atoms with Gasteiger partial charge in [-0.25, -0.2) is 0 Å². The zero-order chi connectivity index (χ0) is 14.4. The maximum absolute atomic E-state index is 12.0. The molecular formula is C15H21N3O. The molecule has 0 saturated heterocycles. The van der Waals surface area contributed by atoms with E-state index >= 15 is 0 Å². The number of carbonyl (C=O) groups excluding carboxylic acids is 1. The summed E-state index contributed by atoms with van der Waals surface area (Å²) in [5.74, 6) is 0.400. The van der Waals surface area contributed by atoms with Crippen LogP contribution in [-0.4, -0.2) is 25.5 Å². The smallest absolute Gasteiger partial charge is 0.242 e. The average Bonchev–Trinajstić information content (AvgIpc) is 2.42. The van der Waals surface area contributed by atoms with Crippen molar-refractivity contribution in [1.29, 1.82) is 5.26 Å². The van der Waals surface area contributed by atoms with Crippen LogP contribution in [0.15, 0.2) is 24.3 Å². The Kier molecular flexibility index (Phi) is 5.37. The highest BCUT2D eigenvalue weighted by Gasteiger charge is 2.20. The summed E-state index contributed by atoms with van der Waals surface area (Å²) in [6.07, 6.45) is 0. The normalized spacial score (nSPS) is 11.8. The van der Waals surface area contributed by atoms with E-state index in [9.17, 15) is 4.79 Å². The zero-order valence-corrected chi connectivity index (χ0v) is 12.0. The maximum atomic E-state index is 12.0. The summed E-state index contributed by atoms with van der Waals surface area (Å²) >= 11 is 0. The maximum Gasteiger partial charge on any atom is 0.242 e. The molecule has 1 amide bonds. The summed E-state index contributed by atoms with van der Waals surface area (Å²) in [5.41, 5.74) is 1.35. The fourth-order valence-electron chi connectivity index (χ4n) is 1.71. The van der Waals surface area contributed by atoms with Gasteiger partial charge in [-0.2, -0.15) is 5.26 Å². The molecule has 1 atom stereocenters. The Labute approximate surface area is 115 Å². The van der Waals surface area contributed by atoms with Gasteiger partial charge >= 0.3 is 0 Å². The highest BCUT2D eigenvalue weighted by molar-refractivity contribution is 5.85. The van der Waals surface area contributed by atoms with Crippen LogP contribution in [0.4, 0.5) is 5.69 Å². The van der Waals surface area contributed by atoms with Crippen molar-refractivity contribution in [3.63, 3.8) is 0 Å². The number of rotatable bonds is 5. The fourth-order valence-corrected chi connectivity index (χ4v) is 1.71. The lowest BCUT2D eigenvalue weighted by atomic mass is 10.1. The molecule has 19 heavy (non-hydrogen) atoms. The molecule has 1 N–H and O–H groups in total. The minimum Gasteiger partial charge on any atom is -0.362 e. The van der Waals surface area contributed by atoms with Crippen LogP contribution in [-0.2, 0) is 4.79 Å². The van der Waals surface area contributed by atoms with Crippen molar-refractivity contribution in [3.05, 3.63) is 29.8 Å². The first-order valence-corrected chi connectivity index (χ1v) is 6.47. The first-order chi connectivity index (χ1) is 8.97. The van der Waals surface area contributed by atoms with Crippen molar-refractivity contribution in [2.45, 2.75) is 26.8 Å². The topological polar surface area (TPSA) is 56.1 Å². The van der Waals surface area contributed by atoms with Crippen molar-refractivity contribution >= 4 is 11.6 Å². The Morgan fingerprint density at radius 1 is 1.37 bits per heavy atom. The fraction of sp³-hybridized carbons (Fsp3) is 0.467. The van der Waals surface area contributed by atoms with Gasteiger partial charge in [0.15, 0.2) is 0 Å². The number of benzene rings is 1. The van der Waals surface area contributed by atoms with E-state index in [1.54, 1.807) is 6.07 Å². The molecule has 0 aliphatic rings. The molecule has 0 saturated carbocycles. The molecule has 102 valence electrons. The van der Waals surface area contributed by atoms with Crippen molar-refractivity contribution in [1.82, 2.24) is 5.32 Å². The lowest BCUT2D eigenvalue weighted by Crippen LogP contribution is -2.44. The molecule has 1 aromatic carbocycles. The number of likely N-dealkylation sites (N-methyl/N-ethyl adjacent to an activating group) is 1. The molecule has 0 aliphatic heterocycles. The minimum absolute atomic E-state index is 0.0241. The first-order valence-electron chi connectivity index (χ1n) is 6.47. The van der Waals surface area contributed by atoms with Crippen LogP contribution >= 0.6 is 0 Å². The van der Waals surface area contributed by atoms with Crippen LogP contribution in [0.25, 0.3) is 0 Å². The molecule has 0 bridgehead atoms. The van der Waals surface area contributed by atoms with Crippen molar-refractivity contribution < 1.29 is 4.79 Å². The van der Waals surface area contributed by atoms with Gasteiger partial charge in [0.1, 0.15) is 12.1 Å². The van der Waals surface area contributed by atoms with Crippen LogP contribution in [0.5, 0.6) is 0 Å². The first kappa shape index (κ1) is 15.0. The summed E-state index contributed by atoms with van der Waals surface area (Å²) < 4.78 is 0. The quantitative estimate of drug-likeness (QED) is 0.881. The molecule has 1 aromatic rings. The number of para-hydroxylation sites is 1. The third-order valence-corrected chi connectivity index (χ3v) is 3.05. The molecule has 4 heteroatoms. The van der Waals surface area contributed by atoms with Gasteiger partial charge in [0.05, 0.1) is 11.3 Å². The van der Waals surface area contributed by atoms with E-state index in [-0.39, 0.29) is 11.9 Å². The molecule has 0 aliphatic carbocycles. The SMILES string of the molecule is CC(C)CNC(=O)C(C)N(C)c1ccccc1C#N. The number of hydrogen-bond donors (Lipinski definition) is 1. The number of carbonyl (C=O) groups is 1. The van der Waals surface area contributed by atoms with Crippen LogP contribution in [0.3, 0.4) is 0 Å². The number of nitrogens with one attached hydrogen (secondary N) is 1. The Morgan fingerprint density at radius 2 is 2.00 bits per heavy atom. The second-order valence-corrected chi connectivity index (χ2v) is 5.05. The average molecular weight is 259 g/mol. The van der Waals surface area contributed by atoms with Crippen molar-refractivity contribution in [2.24, 2.45) is 5.92 Å². The molecule has 1 unspecified atom stereocenters. The van der Waals surface area contributed by atoms with Crippen LogP contribution in [0, 0.1) is 17.2 Å². The highest BCUT2D eigenvalue weighted by atomic mass is 16.2. The standard InChI is InChI=1S/C15H21N3O/c1-11(2)10-17-15(19)12(3)18(4)14-8-6-5-7-13(14)9-16/h5-8,11-12H,10H2,1-4H3,(H,17,19). The number of nitriles is 1. The van der Waals surface area contributed by atoms with Crippen molar-refractivity contribution in [3.8, 4) is 6.07 Å². The summed E-state index contributed by atoms with van der Waals surface area (Å²) in [6.45, 7) is 6.61. The van der Waals surface area contributed by atoms with E-state index < -0.39 is 0 Å². The number of amides is 1. The van der Waals surface area contributed by atoms with Gasteiger partial charge in [0.2, 0.25) is 5.91 Å². The van der Waals surface area contributed by atoms with Gasteiger partial charge in [-0.1, -0.05) is 26.0 Å². The van der Waals surface area contributed by atoms with E-state index in [0.717, 1.165) is 5.69 Å². The molecule has 4 nitrogen and oxygen atoms in total. The van der Waals surface area contributed by atoms with Gasteiger partial charge in [-0.3, -0.25) is 4.79 Å². The third-order valence-electron chi connectivity index (χ3n) is 3.05. The Morgan fingerprint density at radius 3 is 2.58 bits per heavy atom. The van der Waals surface area contributed by atoms with E-state index in [0.29, 0.717) is 18.0 Å². The predicted molar refractivity (Wildman–Crippen MR) is 76.9 cm³/mol. The predicted octanol–water partition coefficient (Wildman–Crippen LogP) is 2.16. The molecular weight excluding hydrogens is 238 g/mol. The van der Waals surface area contributed by atoms with Gasteiger partial charge in [0.25, 0.3) is 0 Å². The van der Waals surface area contributed by atoms with E-state index in [1.807, 2.05) is 37.1 Å². The van der Waals surface area contributed by atoms with Crippen LogP contribution < -0.4 is 10.2 Å². The lowest BCUT2D eigenvalue weighted by molar-refractivity contribution is -0.122. The van der Waals surface area contributed by atoms with Crippen LogP contribution in [0.2, 0.25) is 0 Å². The van der Waals surface area contributed by atoms with Gasteiger partial charge in [-0.15, -0.1) is 0 Å². The molecule has 0 fully saturated rings. The van der Waals surface area contributed by atoms with E-state index in [2.05, 4.69) is 25.2 Å². The monoisotopic (exact) mass is 259 g/mol. The summed E-state index contributed by atoms with van der Waals surface area (Å²) in [7, 11) is 1.83. The Bertz CT molecular complexity index is 477. The van der Waals surface area contributed by atoms with Crippen molar-refractivity contribution in [2.75, 3.05) is 18.5 Å². The third kappa shape index (κ3) is 3.99. The number of anilines is 1. The van der Waals surface area contributed by atoms with Gasteiger partial charge < -0.3 is 10.2 Å². The van der Waals surface area contributed by atoms with E-state index in [4.69, 9.17) is 5.26 Å². The summed E-state index contributed by atoms with van der Waals surface area (Å²) in [5, 5.41) is 12.0. The van der Waals surface area contributed by atoms with E-state index in [1.165, 1.54) is 0 Å². The molecule has 0 radical (unpaired) electrons. The second kappa shape index (κ2) is 6.79. The number of hydrogen-bond acceptors (Lipinski definition) is 3.